The predicted molar refractivity (Wildman–Crippen MR) is 79.8 cm³/mol. The van der Waals surface area contributed by atoms with Crippen LogP contribution in [-0.2, 0) is 6.42 Å². The normalized spacial score (nSPS) is 19.7. The molecular weight excluding hydrogens is 218 g/mol. The molecule has 0 aromatic heterocycles. The molecule has 0 amide bonds. The molecule has 0 saturated carbocycles. The molecule has 1 heterocycles. The highest BCUT2D eigenvalue weighted by Crippen LogP contribution is 2.35. The van der Waals surface area contributed by atoms with Crippen molar-refractivity contribution in [2.45, 2.75) is 33.6 Å². The average Bonchev–Trinajstić information content (AvgIpc) is 2.33. The smallest absolute Gasteiger partial charge is 0.0444 e. The van der Waals surface area contributed by atoms with Gasteiger partial charge >= 0.3 is 0 Å². The molecule has 0 bridgehead atoms. The van der Waals surface area contributed by atoms with E-state index in [1.807, 2.05) is 0 Å². The maximum Gasteiger partial charge on any atom is 0.0444 e. The Bertz CT molecular complexity index is 480. The lowest BCUT2D eigenvalue weighted by Crippen LogP contribution is -2.25. The van der Waals surface area contributed by atoms with Gasteiger partial charge in [-0.2, -0.15) is 0 Å². The van der Waals surface area contributed by atoms with Crippen LogP contribution in [0.1, 0.15) is 32.8 Å². The van der Waals surface area contributed by atoms with Gasteiger partial charge in [-0.15, -0.1) is 0 Å². The average molecular weight is 241 g/mol. The Labute approximate surface area is 111 Å². The van der Waals surface area contributed by atoms with Crippen LogP contribution in [0.5, 0.6) is 0 Å². The number of benzene rings is 1. The fourth-order valence-corrected chi connectivity index (χ4v) is 2.64. The van der Waals surface area contributed by atoms with Gasteiger partial charge in [0.1, 0.15) is 0 Å². The zero-order valence-electron chi connectivity index (χ0n) is 11.9. The van der Waals surface area contributed by atoms with E-state index in [9.17, 15) is 0 Å². The van der Waals surface area contributed by atoms with Crippen molar-refractivity contribution in [3.8, 4) is 0 Å². The molecule has 0 aliphatic carbocycles. The molecule has 0 spiro atoms. The van der Waals surface area contributed by atoms with Crippen LogP contribution < -0.4 is 4.90 Å². The molecule has 0 fully saturated rings. The summed E-state index contributed by atoms with van der Waals surface area (Å²) < 4.78 is 0. The van der Waals surface area contributed by atoms with Crippen molar-refractivity contribution in [1.82, 2.24) is 0 Å². The first-order valence-corrected chi connectivity index (χ1v) is 6.86. The molecule has 0 atom stereocenters. The van der Waals surface area contributed by atoms with Gasteiger partial charge < -0.3 is 4.90 Å². The summed E-state index contributed by atoms with van der Waals surface area (Å²) in [5.41, 5.74) is 5.62. The molecule has 96 valence electrons. The van der Waals surface area contributed by atoms with Crippen LogP contribution in [0.25, 0.3) is 0 Å². The van der Waals surface area contributed by atoms with Gasteiger partial charge in [0.2, 0.25) is 0 Å². The lowest BCUT2D eigenvalue weighted by molar-refractivity contribution is 0.809. The van der Waals surface area contributed by atoms with E-state index in [0.717, 1.165) is 12.8 Å². The van der Waals surface area contributed by atoms with E-state index < -0.39 is 0 Å². The number of rotatable bonds is 2. The zero-order valence-corrected chi connectivity index (χ0v) is 11.9. The Morgan fingerprint density at radius 2 is 2.00 bits per heavy atom. The second-order valence-electron chi connectivity index (χ2n) is 5.30. The molecule has 2 rings (SSSR count). The Kier molecular flexibility index (Phi) is 3.90. The monoisotopic (exact) mass is 241 g/mol. The van der Waals surface area contributed by atoms with Crippen LogP contribution >= 0.6 is 0 Å². The number of nitrogens with zero attached hydrogens (tertiary/aromatic N) is 1. The minimum atomic E-state index is 0.596. The number of allylic oxidation sites excluding steroid dienone is 3. The Morgan fingerprint density at radius 3 is 2.67 bits per heavy atom. The summed E-state index contributed by atoms with van der Waals surface area (Å²) in [6.45, 7) is 6.70. The lowest BCUT2D eigenvalue weighted by atomic mass is 9.92. The minimum absolute atomic E-state index is 0.596. The quantitative estimate of drug-likeness (QED) is 0.734. The lowest BCUT2D eigenvalue weighted by Gasteiger charge is -2.33. The molecule has 0 radical (unpaired) electrons. The van der Waals surface area contributed by atoms with Crippen LogP contribution in [0, 0.1) is 5.92 Å². The molecule has 18 heavy (non-hydrogen) atoms. The first kappa shape index (κ1) is 12.9. The summed E-state index contributed by atoms with van der Waals surface area (Å²) in [4.78, 5) is 2.33. The van der Waals surface area contributed by atoms with Crippen LogP contribution in [0.3, 0.4) is 0 Å². The summed E-state index contributed by atoms with van der Waals surface area (Å²) in [6.07, 6.45) is 6.87. The van der Waals surface area contributed by atoms with Crippen molar-refractivity contribution < 1.29 is 0 Å². The first-order chi connectivity index (χ1) is 8.63. The predicted octanol–water partition coefficient (Wildman–Crippen LogP) is 4.56. The molecular formula is C17H23N. The van der Waals surface area contributed by atoms with Crippen LogP contribution in [0.2, 0.25) is 0 Å². The number of likely N-dealkylation sites (N-methyl/N-ethyl adjacent to an activating group) is 1. The Balaban J connectivity index is 2.49. The standard InChI is InChI=1S/C17H23N/c1-5-8-16-15(11-13(2)3)12-14-9-6-7-10-17(14)18(16)4/h6-11,13H,5,12H2,1-4H3/b15-11-,16-8+. The van der Waals surface area contributed by atoms with E-state index in [2.05, 4.69) is 69.1 Å². The van der Waals surface area contributed by atoms with Crippen molar-refractivity contribution in [3.63, 3.8) is 0 Å². The second-order valence-corrected chi connectivity index (χ2v) is 5.30. The largest absolute Gasteiger partial charge is 0.344 e. The third kappa shape index (κ3) is 2.50. The molecule has 1 nitrogen and oxygen atoms in total. The molecule has 1 aliphatic heterocycles. The molecule has 0 saturated heterocycles. The second kappa shape index (κ2) is 5.43. The van der Waals surface area contributed by atoms with E-state index in [0.29, 0.717) is 5.92 Å². The SMILES string of the molecule is CC/C=C1\C(=C/C(C)C)Cc2ccccc2N1C. The fourth-order valence-electron chi connectivity index (χ4n) is 2.64. The summed E-state index contributed by atoms with van der Waals surface area (Å²) in [5.74, 6) is 0.596. The highest BCUT2D eigenvalue weighted by molar-refractivity contribution is 5.66. The number of hydrogen-bond acceptors (Lipinski definition) is 1. The van der Waals surface area contributed by atoms with Gasteiger partial charge in [0.25, 0.3) is 0 Å². The topological polar surface area (TPSA) is 3.24 Å². The van der Waals surface area contributed by atoms with Crippen LogP contribution in [-0.4, -0.2) is 7.05 Å². The number of fused-ring (bicyclic) bond motifs is 1. The van der Waals surface area contributed by atoms with Crippen molar-refractivity contribution in [1.29, 1.82) is 0 Å². The van der Waals surface area contributed by atoms with Gasteiger partial charge in [-0.05, 0) is 29.5 Å². The molecule has 0 unspecified atom stereocenters. The first-order valence-electron chi connectivity index (χ1n) is 6.86. The maximum atomic E-state index is 2.40. The number of anilines is 1. The summed E-state index contributed by atoms with van der Waals surface area (Å²) in [7, 11) is 2.17. The third-order valence-electron chi connectivity index (χ3n) is 3.36. The van der Waals surface area contributed by atoms with Crippen LogP contribution in [0.15, 0.2) is 47.7 Å². The van der Waals surface area contributed by atoms with E-state index >= 15 is 0 Å². The molecule has 0 N–H and O–H groups in total. The molecule has 1 aromatic carbocycles. The van der Waals surface area contributed by atoms with E-state index in [1.165, 1.54) is 22.5 Å². The summed E-state index contributed by atoms with van der Waals surface area (Å²) >= 11 is 0. The zero-order chi connectivity index (χ0) is 13.1. The molecule has 1 heteroatoms. The minimum Gasteiger partial charge on any atom is -0.344 e. The van der Waals surface area contributed by atoms with E-state index in [4.69, 9.17) is 0 Å². The van der Waals surface area contributed by atoms with E-state index in [-0.39, 0.29) is 0 Å². The van der Waals surface area contributed by atoms with Crippen molar-refractivity contribution in [2.24, 2.45) is 5.92 Å². The molecule has 1 aliphatic rings. The van der Waals surface area contributed by atoms with Gasteiger partial charge in [-0.25, -0.2) is 0 Å². The van der Waals surface area contributed by atoms with Gasteiger partial charge in [0.15, 0.2) is 0 Å². The number of para-hydroxylation sites is 1. The van der Waals surface area contributed by atoms with Crippen LogP contribution in [0.4, 0.5) is 5.69 Å². The van der Waals surface area contributed by atoms with Gasteiger partial charge in [0, 0.05) is 24.9 Å². The highest BCUT2D eigenvalue weighted by Gasteiger charge is 2.21. The summed E-state index contributed by atoms with van der Waals surface area (Å²) in [6, 6.07) is 8.71. The van der Waals surface area contributed by atoms with Crippen molar-refractivity contribution in [3.05, 3.63) is 53.3 Å². The number of hydrogen-bond donors (Lipinski definition) is 0. The van der Waals surface area contributed by atoms with Crippen molar-refractivity contribution in [2.75, 3.05) is 11.9 Å². The third-order valence-corrected chi connectivity index (χ3v) is 3.36. The highest BCUT2D eigenvalue weighted by atomic mass is 15.1. The maximum absolute atomic E-state index is 2.40. The summed E-state index contributed by atoms with van der Waals surface area (Å²) in [5, 5.41) is 0. The fraction of sp³-hybridized carbons (Fsp3) is 0.412. The van der Waals surface area contributed by atoms with Gasteiger partial charge in [0.05, 0.1) is 0 Å². The van der Waals surface area contributed by atoms with Gasteiger partial charge in [-0.3, -0.25) is 0 Å². The van der Waals surface area contributed by atoms with Crippen molar-refractivity contribution >= 4 is 5.69 Å². The van der Waals surface area contributed by atoms with Gasteiger partial charge in [-0.1, -0.05) is 51.1 Å². The Morgan fingerprint density at radius 1 is 1.28 bits per heavy atom. The Hall–Kier alpha value is -1.50. The van der Waals surface area contributed by atoms with E-state index in [1.54, 1.807) is 0 Å². The molecule has 1 aromatic rings.